The molecule has 2 amide bonds. The van der Waals surface area contributed by atoms with Gasteiger partial charge in [-0.1, -0.05) is 6.92 Å². The lowest BCUT2D eigenvalue weighted by Crippen LogP contribution is -2.54. The van der Waals surface area contributed by atoms with Crippen LogP contribution in [0.5, 0.6) is 0 Å². The third kappa shape index (κ3) is 2.51. The van der Waals surface area contributed by atoms with Gasteiger partial charge >= 0.3 is 0 Å². The van der Waals surface area contributed by atoms with Crippen molar-refractivity contribution in [2.45, 2.75) is 32.7 Å². The van der Waals surface area contributed by atoms with Crippen LogP contribution in [0.25, 0.3) is 0 Å². The summed E-state index contributed by atoms with van der Waals surface area (Å²) in [5, 5.41) is 3.19. The van der Waals surface area contributed by atoms with E-state index in [0.717, 1.165) is 25.9 Å². The highest BCUT2D eigenvalue weighted by Gasteiger charge is 2.37. The average Bonchev–Trinajstić information content (AvgIpc) is 2.26. The molecule has 2 aliphatic rings. The van der Waals surface area contributed by atoms with Crippen LogP contribution < -0.4 is 11.1 Å². The average molecular weight is 253 g/mol. The Morgan fingerprint density at radius 1 is 1.33 bits per heavy atom. The highest BCUT2D eigenvalue weighted by molar-refractivity contribution is 5.82. The van der Waals surface area contributed by atoms with Gasteiger partial charge in [0.1, 0.15) is 0 Å². The highest BCUT2D eigenvalue weighted by Crippen LogP contribution is 2.26. The molecule has 5 heteroatoms. The number of hydrogen-bond acceptors (Lipinski definition) is 3. The Balaban J connectivity index is 2.00. The molecule has 18 heavy (non-hydrogen) atoms. The summed E-state index contributed by atoms with van der Waals surface area (Å²) in [4.78, 5) is 25.6. The smallest absolute Gasteiger partial charge is 0.226 e. The van der Waals surface area contributed by atoms with Crippen LogP contribution >= 0.6 is 0 Å². The molecule has 2 heterocycles. The lowest BCUT2D eigenvalue weighted by Gasteiger charge is -2.41. The second-order valence-electron chi connectivity index (χ2n) is 5.72. The van der Waals surface area contributed by atoms with Crippen LogP contribution in [-0.2, 0) is 9.59 Å². The first-order valence-electron chi connectivity index (χ1n) is 6.81. The zero-order valence-electron chi connectivity index (χ0n) is 11.2. The summed E-state index contributed by atoms with van der Waals surface area (Å²) in [6.45, 7) is 6.40. The molecule has 0 aliphatic carbocycles. The van der Waals surface area contributed by atoms with E-state index in [9.17, 15) is 9.59 Å². The van der Waals surface area contributed by atoms with Crippen molar-refractivity contribution in [1.29, 1.82) is 0 Å². The van der Waals surface area contributed by atoms with Crippen molar-refractivity contribution in [3.8, 4) is 0 Å². The van der Waals surface area contributed by atoms with Crippen LogP contribution in [0.1, 0.15) is 26.7 Å². The first kappa shape index (κ1) is 13.3. The Hall–Kier alpha value is -1.10. The van der Waals surface area contributed by atoms with Crippen LogP contribution in [0.2, 0.25) is 0 Å². The number of nitrogens with zero attached hydrogens (tertiary/aromatic N) is 1. The molecule has 3 unspecified atom stereocenters. The van der Waals surface area contributed by atoms with Crippen molar-refractivity contribution in [1.82, 2.24) is 10.2 Å². The quantitative estimate of drug-likeness (QED) is 0.740. The predicted molar refractivity (Wildman–Crippen MR) is 68.6 cm³/mol. The van der Waals surface area contributed by atoms with Crippen LogP contribution in [0, 0.1) is 17.8 Å². The fourth-order valence-electron chi connectivity index (χ4n) is 2.77. The monoisotopic (exact) mass is 253 g/mol. The second kappa shape index (κ2) is 5.26. The van der Waals surface area contributed by atoms with E-state index in [1.807, 2.05) is 11.8 Å². The van der Waals surface area contributed by atoms with Gasteiger partial charge < -0.3 is 16.0 Å². The van der Waals surface area contributed by atoms with E-state index in [4.69, 9.17) is 5.73 Å². The number of amides is 2. The third-order valence-corrected chi connectivity index (χ3v) is 4.48. The normalized spacial score (nSPS) is 30.7. The molecule has 3 atom stereocenters. The van der Waals surface area contributed by atoms with Crippen molar-refractivity contribution >= 4 is 11.8 Å². The first-order chi connectivity index (χ1) is 8.50. The first-order valence-corrected chi connectivity index (χ1v) is 6.81. The summed E-state index contributed by atoms with van der Waals surface area (Å²) in [7, 11) is 0. The molecule has 0 bridgehead atoms. The van der Waals surface area contributed by atoms with Crippen LogP contribution in [0.3, 0.4) is 0 Å². The minimum atomic E-state index is -0.280. The Morgan fingerprint density at radius 3 is 2.50 bits per heavy atom. The minimum absolute atomic E-state index is 0.0420. The molecule has 2 fully saturated rings. The number of carbonyl (C=O) groups excluding carboxylic acids is 2. The molecule has 0 spiro atoms. The van der Waals surface area contributed by atoms with E-state index in [1.165, 1.54) is 0 Å². The molecule has 2 aliphatic heterocycles. The summed E-state index contributed by atoms with van der Waals surface area (Å²) in [5.41, 5.74) is 5.36. The summed E-state index contributed by atoms with van der Waals surface area (Å²) >= 11 is 0. The van der Waals surface area contributed by atoms with Crippen LogP contribution in [0.4, 0.5) is 0 Å². The van der Waals surface area contributed by atoms with Gasteiger partial charge in [0.25, 0.3) is 0 Å². The largest absolute Gasteiger partial charge is 0.369 e. The summed E-state index contributed by atoms with van der Waals surface area (Å²) < 4.78 is 0. The molecule has 102 valence electrons. The van der Waals surface area contributed by atoms with E-state index in [0.29, 0.717) is 12.5 Å². The number of piperidine rings is 1. The van der Waals surface area contributed by atoms with E-state index >= 15 is 0 Å². The standard InChI is InChI=1S/C13H23N3O2/c1-8-3-4-10(12(14)17)7-16(8)13(18)9(2)11-5-15-6-11/h8-11,15H,3-7H2,1-2H3,(H2,14,17). The fraction of sp³-hybridized carbons (Fsp3) is 0.846. The summed E-state index contributed by atoms with van der Waals surface area (Å²) in [5.74, 6) is 0.216. The molecule has 0 aromatic heterocycles. The predicted octanol–water partition coefficient (Wildman–Crippen LogP) is -0.0457. The highest BCUT2D eigenvalue weighted by atomic mass is 16.2. The van der Waals surface area contributed by atoms with E-state index in [2.05, 4.69) is 12.2 Å². The molecular formula is C13H23N3O2. The van der Waals surface area contributed by atoms with Gasteiger partial charge in [-0.25, -0.2) is 0 Å². The maximum absolute atomic E-state index is 12.5. The molecule has 3 N–H and O–H groups in total. The van der Waals surface area contributed by atoms with Crippen molar-refractivity contribution in [3.05, 3.63) is 0 Å². The Bertz CT molecular complexity index is 341. The van der Waals surface area contributed by atoms with Gasteiger partial charge in [-0.05, 0) is 38.8 Å². The lowest BCUT2D eigenvalue weighted by atomic mass is 9.85. The minimum Gasteiger partial charge on any atom is -0.369 e. The zero-order valence-corrected chi connectivity index (χ0v) is 11.2. The van der Waals surface area contributed by atoms with Crippen molar-refractivity contribution in [3.63, 3.8) is 0 Å². The fourth-order valence-corrected chi connectivity index (χ4v) is 2.77. The molecule has 0 aromatic carbocycles. The number of rotatable bonds is 3. The molecule has 0 aromatic rings. The lowest BCUT2D eigenvalue weighted by molar-refractivity contribution is -0.143. The molecule has 0 radical (unpaired) electrons. The third-order valence-electron chi connectivity index (χ3n) is 4.48. The summed E-state index contributed by atoms with van der Waals surface area (Å²) in [6.07, 6.45) is 1.68. The van der Waals surface area contributed by atoms with Gasteiger partial charge in [-0.15, -0.1) is 0 Å². The van der Waals surface area contributed by atoms with Gasteiger partial charge in [-0.3, -0.25) is 9.59 Å². The molecule has 2 saturated heterocycles. The van der Waals surface area contributed by atoms with Gasteiger partial charge in [0.15, 0.2) is 0 Å². The van der Waals surface area contributed by atoms with Crippen molar-refractivity contribution < 1.29 is 9.59 Å². The Kier molecular flexibility index (Phi) is 3.90. The number of carbonyl (C=O) groups is 2. The van der Waals surface area contributed by atoms with E-state index in [1.54, 1.807) is 0 Å². The molecule has 2 rings (SSSR count). The van der Waals surface area contributed by atoms with Gasteiger partial charge in [0.2, 0.25) is 11.8 Å². The SMILES string of the molecule is CC(C(=O)N1CC(C(N)=O)CCC1C)C1CNC1. The maximum atomic E-state index is 12.5. The number of likely N-dealkylation sites (tertiary alicyclic amines) is 1. The van der Waals surface area contributed by atoms with E-state index < -0.39 is 0 Å². The topological polar surface area (TPSA) is 75.4 Å². The van der Waals surface area contributed by atoms with Crippen molar-refractivity contribution in [2.75, 3.05) is 19.6 Å². The number of nitrogens with two attached hydrogens (primary N) is 1. The van der Waals surface area contributed by atoms with Gasteiger partial charge in [0, 0.05) is 18.5 Å². The van der Waals surface area contributed by atoms with Crippen LogP contribution in [-0.4, -0.2) is 42.4 Å². The van der Waals surface area contributed by atoms with Crippen molar-refractivity contribution in [2.24, 2.45) is 23.5 Å². The Labute approximate surface area is 108 Å². The van der Waals surface area contributed by atoms with E-state index in [-0.39, 0.29) is 29.7 Å². The maximum Gasteiger partial charge on any atom is 0.226 e. The number of primary amides is 1. The Morgan fingerprint density at radius 2 is 2.00 bits per heavy atom. The zero-order chi connectivity index (χ0) is 13.3. The van der Waals surface area contributed by atoms with Crippen LogP contribution in [0.15, 0.2) is 0 Å². The van der Waals surface area contributed by atoms with Gasteiger partial charge in [-0.2, -0.15) is 0 Å². The van der Waals surface area contributed by atoms with Gasteiger partial charge in [0.05, 0.1) is 5.92 Å². The molecular weight excluding hydrogens is 230 g/mol. The molecule has 0 saturated carbocycles. The number of nitrogens with one attached hydrogen (secondary N) is 1. The molecule has 5 nitrogen and oxygen atoms in total. The number of hydrogen-bond donors (Lipinski definition) is 2. The summed E-state index contributed by atoms with van der Waals surface area (Å²) in [6, 6.07) is 0.226. The second-order valence-corrected chi connectivity index (χ2v) is 5.72.